The lowest BCUT2D eigenvalue weighted by atomic mass is 10.1. The molecule has 0 fully saturated rings. The van der Waals surface area contributed by atoms with Crippen molar-refractivity contribution < 1.29 is 14.6 Å². The lowest BCUT2D eigenvalue weighted by molar-refractivity contribution is 0.440. The molecule has 20 heavy (non-hydrogen) atoms. The quantitative estimate of drug-likeness (QED) is 0.709. The Bertz CT molecular complexity index is 850. The summed E-state index contributed by atoms with van der Waals surface area (Å²) in [5.41, 5.74) is 1.12. The highest BCUT2D eigenvalue weighted by Gasteiger charge is 2.17. The maximum atomic E-state index is 12.1. The molecule has 0 radical (unpaired) electrons. The van der Waals surface area contributed by atoms with E-state index in [4.69, 9.17) is 4.42 Å². The number of benzene rings is 1. The molecule has 5 nitrogen and oxygen atoms in total. The molecule has 0 aliphatic carbocycles. The number of nitrogens with zero attached hydrogens (tertiary/aromatic N) is 1. The average Bonchev–Trinajstić information content (AvgIpc) is 2.44. The van der Waals surface area contributed by atoms with E-state index in [1.165, 1.54) is 12.3 Å². The Balaban J connectivity index is 2.36. The minimum atomic E-state index is -0.701. The zero-order chi connectivity index (χ0) is 14.3. The number of pyridine rings is 1. The van der Waals surface area contributed by atoms with Gasteiger partial charge in [-0.25, -0.2) is 4.98 Å². The molecule has 2 N–H and O–H groups in total. The fraction of sp³-hybridized carbons (Fsp3) is 0.0667. The van der Waals surface area contributed by atoms with Crippen LogP contribution in [-0.4, -0.2) is 15.2 Å². The van der Waals surface area contributed by atoms with Crippen molar-refractivity contribution in [3.8, 4) is 23.0 Å². The van der Waals surface area contributed by atoms with Gasteiger partial charge in [0.15, 0.2) is 5.76 Å². The maximum Gasteiger partial charge on any atom is 0.240 e. The summed E-state index contributed by atoms with van der Waals surface area (Å²) in [7, 11) is 0. The molecular formula is C15H11NO4. The summed E-state index contributed by atoms with van der Waals surface area (Å²) in [5.74, 6) is -0.917. The molecule has 0 saturated carbocycles. The summed E-state index contributed by atoms with van der Waals surface area (Å²) < 4.78 is 5.53. The van der Waals surface area contributed by atoms with Crippen molar-refractivity contribution in [1.29, 1.82) is 0 Å². The molecule has 3 rings (SSSR count). The summed E-state index contributed by atoms with van der Waals surface area (Å²) in [4.78, 5) is 15.7. The lowest BCUT2D eigenvalue weighted by Gasteiger charge is -2.06. The molecule has 2 aromatic heterocycles. The van der Waals surface area contributed by atoms with Gasteiger partial charge in [0.2, 0.25) is 17.1 Å². The van der Waals surface area contributed by atoms with Crippen LogP contribution in [0.1, 0.15) is 5.56 Å². The van der Waals surface area contributed by atoms with Gasteiger partial charge in [0.05, 0.1) is 0 Å². The van der Waals surface area contributed by atoms with E-state index in [9.17, 15) is 15.0 Å². The fourth-order valence-corrected chi connectivity index (χ4v) is 2.01. The molecule has 0 aliphatic heterocycles. The molecule has 0 unspecified atom stereocenters. The normalized spacial score (nSPS) is 10.8. The largest absolute Gasteiger partial charge is 0.502 e. The molecule has 2 heterocycles. The van der Waals surface area contributed by atoms with Crippen molar-refractivity contribution in [2.75, 3.05) is 0 Å². The number of hydrogen-bond acceptors (Lipinski definition) is 5. The van der Waals surface area contributed by atoms with Gasteiger partial charge in [-0.05, 0) is 6.92 Å². The summed E-state index contributed by atoms with van der Waals surface area (Å²) >= 11 is 0. The van der Waals surface area contributed by atoms with E-state index in [-0.39, 0.29) is 16.7 Å². The average molecular weight is 269 g/mol. The van der Waals surface area contributed by atoms with E-state index in [0.717, 1.165) is 5.56 Å². The molecule has 100 valence electrons. The molecule has 1 aromatic carbocycles. The standard InChI is InChI=1S/C15H11NO4/c1-8-2-4-9(5-3-8)14-13(18)12(17)11-10(20-14)6-7-16-15(11)19/h2-7,18H,1H3,(H,16,19). The van der Waals surface area contributed by atoms with Crippen LogP contribution in [0.25, 0.3) is 22.3 Å². The molecule has 0 saturated heterocycles. The summed E-state index contributed by atoms with van der Waals surface area (Å²) in [6.07, 6.45) is 1.33. The zero-order valence-corrected chi connectivity index (χ0v) is 10.6. The highest BCUT2D eigenvalue weighted by Crippen LogP contribution is 2.31. The van der Waals surface area contributed by atoms with E-state index in [2.05, 4.69) is 4.98 Å². The highest BCUT2D eigenvalue weighted by atomic mass is 16.4. The Labute approximate surface area is 113 Å². The van der Waals surface area contributed by atoms with E-state index in [1.807, 2.05) is 19.1 Å². The number of rotatable bonds is 1. The van der Waals surface area contributed by atoms with Gasteiger partial charge in [-0.2, -0.15) is 0 Å². The van der Waals surface area contributed by atoms with Crippen molar-refractivity contribution >= 4 is 11.0 Å². The Morgan fingerprint density at radius 3 is 2.50 bits per heavy atom. The summed E-state index contributed by atoms with van der Waals surface area (Å²) in [6.45, 7) is 1.93. The summed E-state index contributed by atoms with van der Waals surface area (Å²) in [6, 6.07) is 8.67. The van der Waals surface area contributed by atoms with Gasteiger partial charge in [-0.1, -0.05) is 29.8 Å². The van der Waals surface area contributed by atoms with E-state index in [1.54, 1.807) is 12.1 Å². The van der Waals surface area contributed by atoms with Crippen LogP contribution < -0.4 is 5.43 Å². The molecule has 5 heteroatoms. The van der Waals surface area contributed by atoms with Gasteiger partial charge >= 0.3 is 0 Å². The topological polar surface area (TPSA) is 83.6 Å². The smallest absolute Gasteiger partial charge is 0.240 e. The maximum absolute atomic E-state index is 12.1. The first-order valence-corrected chi connectivity index (χ1v) is 5.98. The second kappa shape index (κ2) is 4.38. The highest BCUT2D eigenvalue weighted by molar-refractivity contribution is 5.85. The predicted octanol–water partition coefficient (Wildman–Crippen LogP) is 2.57. The molecule has 0 bridgehead atoms. The van der Waals surface area contributed by atoms with Crippen molar-refractivity contribution in [3.05, 3.63) is 52.3 Å². The van der Waals surface area contributed by atoms with Crippen LogP contribution in [0.3, 0.4) is 0 Å². The number of hydrogen-bond donors (Lipinski definition) is 2. The second-order valence-electron chi connectivity index (χ2n) is 4.48. The Kier molecular flexibility index (Phi) is 2.68. The predicted molar refractivity (Wildman–Crippen MR) is 73.8 cm³/mol. The number of aryl methyl sites for hydroxylation is 1. The zero-order valence-electron chi connectivity index (χ0n) is 10.6. The van der Waals surface area contributed by atoms with Crippen LogP contribution in [0.2, 0.25) is 0 Å². The molecule has 0 spiro atoms. The Hall–Kier alpha value is -2.82. The molecular weight excluding hydrogens is 258 g/mol. The van der Waals surface area contributed by atoms with Crippen LogP contribution in [0.15, 0.2) is 45.7 Å². The third kappa shape index (κ3) is 1.80. The first-order chi connectivity index (χ1) is 9.58. The van der Waals surface area contributed by atoms with E-state index >= 15 is 0 Å². The van der Waals surface area contributed by atoms with Crippen LogP contribution >= 0.6 is 0 Å². The van der Waals surface area contributed by atoms with Crippen LogP contribution in [0.4, 0.5) is 0 Å². The van der Waals surface area contributed by atoms with Crippen molar-refractivity contribution in [3.63, 3.8) is 0 Å². The molecule has 0 amide bonds. The van der Waals surface area contributed by atoms with Gasteiger partial charge in [0.25, 0.3) is 0 Å². The van der Waals surface area contributed by atoms with Crippen molar-refractivity contribution in [2.24, 2.45) is 0 Å². The third-order valence-corrected chi connectivity index (χ3v) is 3.08. The Morgan fingerprint density at radius 2 is 1.80 bits per heavy atom. The first-order valence-electron chi connectivity index (χ1n) is 5.98. The summed E-state index contributed by atoms with van der Waals surface area (Å²) in [5, 5.41) is 19.5. The van der Waals surface area contributed by atoms with Gasteiger partial charge < -0.3 is 14.6 Å². The van der Waals surface area contributed by atoms with Crippen molar-refractivity contribution in [1.82, 2.24) is 4.98 Å². The van der Waals surface area contributed by atoms with Gasteiger partial charge in [-0.15, -0.1) is 0 Å². The first kappa shape index (κ1) is 12.2. The SMILES string of the molecule is Cc1ccc(-c2oc3ccnc(O)c3c(=O)c2O)cc1. The third-order valence-electron chi connectivity index (χ3n) is 3.08. The van der Waals surface area contributed by atoms with E-state index < -0.39 is 17.1 Å². The van der Waals surface area contributed by atoms with Crippen LogP contribution in [0.5, 0.6) is 11.6 Å². The van der Waals surface area contributed by atoms with Crippen LogP contribution in [0, 0.1) is 6.92 Å². The van der Waals surface area contributed by atoms with Gasteiger partial charge in [0, 0.05) is 17.8 Å². The molecule has 0 atom stereocenters. The number of aromatic nitrogens is 1. The van der Waals surface area contributed by atoms with Crippen LogP contribution in [-0.2, 0) is 0 Å². The minimum absolute atomic E-state index is 0.0769. The van der Waals surface area contributed by atoms with E-state index in [0.29, 0.717) is 5.56 Å². The lowest BCUT2D eigenvalue weighted by Crippen LogP contribution is -2.03. The Morgan fingerprint density at radius 1 is 1.10 bits per heavy atom. The second-order valence-corrected chi connectivity index (χ2v) is 4.48. The molecule has 3 aromatic rings. The monoisotopic (exact) mass is 269 g/mol. The number of fused-ring (bicyclic) bond motifs is 1. The van der Waals surface area contributed by atoms with Crippen molar-refractivity contribution in [2.45, 2.75) is 6.92 Å². The fourth-order valence-electron chi connectivity index (χ4n) is 2.01. The molecule has 0 aliphatic rings. The minimum Gasteiger partial charge on any atom is -0.502 e. The van der Waals surface area contributed by atoms with Gasteiger partial charge in [-0.3, -0.25) is 4.79 Å². The number of aromatic hydroxyl groups is 2. The van der Waals surface area contributed by atoms with Gasteiger partial charge in [0.1, 0.15) is 11.0 Å².